The second-order valence-corrected chi connectivity index (χ2v) is 4.81. The largest absolute Gasteiger partial charge is 0.447 e. The fourth-order valence-corrected chi connectivity index (χ4v) is 2.34. The Morgan fingerprint density at radius 2 is 2.24 bits per heavy atom. The van der Waals surface area contributed by atoms with E-state index in [1.807, 2.05) is 23.9 Å². The molecule has 1 aliphatic rings. The molecule has 1 saturated heterocycles. The minimum atomic E-state index is -0.323. The quantitative estimate of drug-likeness (QED) is 0.644. The van der Waals surface area contributed by atoms with Gasteiger partial charge in [0.25, 0.3) is 0 Å². The van der Waals surface area contributed by atoms with Crippen LogP contribution in [0.15, 0.2) is 42.5 Å². The second kappa shape index (κ2) is 6.35. The number of rotatable bonds is 5. The van der Waals surface area contributed by atoms with Crippen LogP contribution in [0.25, 0.3) is 0 Å². The zero-order valence-corrected chi connectivity index (χ0v) is 10.3. The van der Waals surface area contributed by atoms with E-state index < -0.39 is 0 Å². The van der Waals surface area contributed by atoms with Gasteiger partial charge in [0.05, 0.1) is 6.04 Å². The van der Waals surface area contributed by atoms with Gasteiger partial charge in [-0.05, 0) is 5.56 Å². The highest BCUT2D eigenvalue weighted by atomic mass is 32.2. The van der Waals surface area contributed by atoms with E-state index in [9.17, 15) is 4.79 Å². The van der Waals surface area contributed by atoms with Gasteiger partial charge in [0.15, 0.2) is 0 Å². The molecule has 1 N–H and O–H groups in total. The highest BCUT2D eigenvalue weighted by molar-refractivity contribution is 7.98. The maximum Gasteiger partial charge on any atom is 0.407 e. The molecule has 1 amide bonds. The molecule has 1 aromatic carbocycles. The van der Waals surface area contributed by atoms with Gasteiger partial charge in [-0.1, -0.05) is 42.5 Å². The molecule has 0 unspecified atom stereocenters. The van der Waals surface area contributed by atoms with Crippen molar-refractivity contribution in [1.82, 2.24) is 5.32 Å². The molecule has 0 bridgehead atoms. The Morgan fingerprint density at radius 3 is 2.94 bits per heavy atom. The fraction of sp³-hybridized carbons (Fsp3) is 0.308. The van der Waals surface area contributed by atoms with Crippen molar-refractivity contribution in [3.8, 4) is 0 Å². The predicted molar refractivity (Wildman–Crippen MR) is 70.0 cm³/mol. The maximum absolute atomic E-state index is 10.8. The van der Waals surface area contributed by atoms with Gasteiger partial charge in [0, 0.05) is 11.5 Å². The highest BCUT2D eigenvalue weighted by Crippen LogP contribution is 2.11. The van der Waals surface area contributed by atoms with E-state index >= 15 is 0 Å². The molecule has 1 atom stereocenters. The van der Waals surface area contributed by atoms with E-state index in [4.69, 9.17) is 4.74 Å². The van der Waals surface area contributed by atoms with Crippen molar-refractivity contribution >= 4 is 17.9 Å². The summed E-state index contributed by atoms with van der Waals surface area (Å²) in [5, 5.41) is 2.71. The summed E-state index contributed by atoms with van der Waals surface area (Å²) in [5.41, 5.74) is 1.34. The Kier molecular flexibility index (Phi) is 4.50. The molecule has 0 aliphatic carbocycles. The van der Waals surface area contributed by atoms with Gasteiger partial charge < -0.3 is 10.1 Å². The minimum Gasteiger partial charge on any atom is -0.447 e. The Balaban J connectivity index is 1.63. The third-order valence-electron chi connectivity index (χ3n) is 2.39. The van der Waals surface area contributed by atoms with E-state index in [0.29, 0.717) is 6.61 Å². The summed E-state index contributed by atoms with van der Waals surface area (Å²) in [6.07, 6.45) is 3.74. The summed E-state index contributed by atoms with van der Waals surface area (Å²) in [5.74, 6) is 1.96. The van der Waals surface area contributed by atoms with E-state index in [1.54, 1.807) is 0 Å². The minimum absolute atomic E-state index is 0.0415. The SMILES string of the molecule is O=C1N[C@H](/C=C\CSCc2ccccc2)CO1. The van der Waals surface area contributed by atoms with Gasteiger partial charge in [-0.25, -0.2) is 4.79 Å². The number of thioether (sulfide) groups is 1. The molecule has 0 spiro atoms. The maximum atomic E-state index is 10.8. The van der Waals surface area contributed by atoms with Crippen LogP contribution in [0, 0.1) is 0 Å². The lowest BCUT2D eigenvalue weighted by molar-refractivity contribution is 0.177. The standard InChI is InChI=1S/C13H15NO2S/c15-13-14-12(9-16-13)7-4-8-17-10-11-5-2-1-3-6-11/h1-7,12H,8-10H2,(H,14,15)/b7-4-/t12-/m1/s1. The Labute approximate surface area is 105 Å². The first kappa shape index (κ1) is 12.0. The molecular formula is C13H15NO2S. The Morgan fingerprint density at radius 1 is 1.41 bits per heavy atom. The van der Waals surface area contributed by atoms with Crippen molar-refractivity contribution in [3.05, 3.63) is 48.0 Å². The summed E-state index contributed by atoms with van der Waals surface area (Å²) >= 11 is 1.85. The van der Waals surface area contributed by atoms with E-state index in [-0.39, 0.29) is 12.1 Å². The van der Waals surface area contributed by atoms with Gasteiger partial charge in [0.2, 0.25) is 0 Å². The summed E-state index contributed by atoms with van der Waals surface area (Å²) in [4.78, 5) is 10.8. The fourth-order valence-electron chi connectivity index (χ4n) is 1.54. The summed E-state index contributed by atoms with van der Waals surface area (Å²) in [7, 11) is 0. The molecule has 4 heteroatoms. The number of alkyl carbamates (subject to hydrolysis) is 1. The van der Waals surface area contributed by atoms with Crippen molar-refractivity contribution in [3.63, 3.8) is 0 Å². The molecular weight excluding hydrogens is 234 g/mol. The number of carbonyl (C=O) groups is 1. The van der Waals surface area contributed by atoms with Gasteiger partial charge in [0.1, 0.15) is 6.61 Å². The average molecular weight is 249 g/mol. The van der Waals surface area contributed by atoms with E-state index in [0.717, 1.165) is 11.5 Å². The highest BCUT2D eigenvalue weighted by Gasteiger charge is 2.18. The zero-order chi connectivity index (χ0) is 11.9. The molecule has 90 valence electrons. The van der Waals surface area contributed by atoms with Crippen LogP contribution in [-0.2, 0) is 10.5 Å². The zero-order valence-electron chi connectivity index (χ0n) is 9.46. The van der Waals surface area contributed by atoms with Crippen molar-refractivity contribution < 1.29 is 9.53 Å². The number of benzene rings is 1. The van der Waals surface area contributed by atoms with Gasteiger partial charge in [-0.15, -0.1) is 0 Å². The average Bonchev–Trinajstić information content (AvgIpc) is 2.76. The van der Waals surface area contributed by atoms with Gasteiger partial charge in [-0.3, -0.25) is 0 Å². The monoisotopic (exact) mass is 249 g/mol. The van der Waals surface area contributed by atoms with Crippen molar-refractivity contribution in [2.24, 2.45) is 0 Å². The van der Waals surface area contributed by atoms with Gasteiger partial charge >= 0.3 is 6.09 Å². The van der Waals surface area contributed by atoms with Crippen LogP contribution in [0.2, 0.25) is 0 Å². The number of hydrogen-bond donors (Lipinski definition) is 1. The molecule has 0 radical (unpaired) electrons. The summed E-state index contributed by atoms with van der Waals surface area (Å²) < 4.78 is 4.78. The molecule has 1 aliphatic heterocycles. The lowest BCUT2D eigenvalue weighted by Crippen LogP contribution is -2.23. The van der Waals surface area contributed by atoms with E-state index in [1.165, 1.54) is 5.56 Å². The summed E-state index contributed by atoms with van der Waals surface area (Å²) in [6, 6.07) is 10.4. The van der Waals surface area contributed by atoms with Crippen LogP contribution in [0.4, 0.5) is 4.79 Å². The lowest BCUT2D eigenvalue weighted by atomic mass is 10.2. The first-order valence-corrected chi connectivity index (χ1v) is 6.72. The van der Waals surface area contributed by atoms with Crippen LogP contribution in [-0.4, -0.2) is 24.5 Å². The first-order chi connectivity index (χ1) is 8.34. The van der Waals surface area contributed by atoms with Crippen molar-refractivity contribution in [2.75, 3.05) is 12.4 Å². The van der Waals surface area contributed by atoms with Crippen LogP contribution in [0.1, 0.15) is 5.56 Å². The molecule has 1 fully saturated rings. The van der Waals surface area contributed by atoms with Crippen LogP contribution in [0.5, 0.6) is 0 Å². The number of hydrogen-bond acceptors (Lipinski definition) is 3. The number of nitrogens with one attached hydrogen (secondary N) is 1. The summed E-state index contributed by atoms with van der Waals surface area (Å²) in [6.45, 7) is 0.443. The number of carbonyl (C=O) groups excluding carboxylic acids is 1. The first-order valence-electron chi connectivity index (χ1n) is 5.56. The topological polar surface area (TPSA) is 38.3 Å². The molecule has 1 heterocycles. The lowest BCUT2D eigenvalue weighted by Gasteiger charge is -2.00. The van der Waals surface area contributed by atoms with Crippen LogP contribution >= 0.6 is 11.8 Å². The number of cyclic esters (lactones) is 1. The van der Waals surface area contributed by atoms with Gasteiger partial charge in [-0.2, -0.15) is 11.8 Å². The van der Waals surface area contributed by atoms with Crippen LogP contribution in [0.3, 0.4) is 0 Å². The van der Waals surface area contributed by atoms with E-state index in [2.05, 4.69) is 35.7 Å². The van der Waals surface area contributed by atoms with Crippen molar-refractivity contribution in [2.45, 2.75) is 11.8 Å². The predicted octanol–water partition coefficient (Wildman–Crippen LogP) is 2.58. The van der Waals surface area contributed by atoms with Crippen LogP contribution < -0.4 is 5.32 Å². The molecule has 1 aromatic rings. The molecule has 17 heavy (non-hydrogen) atoms. The smallest absolute Gasteiger partial charge is 0.407 e. The molecule has 3 nitrogen and oxygen atoms in total. The molecule has 2 rings (SSSR count). The van der Waals surface area contributed by atoms with Crippen molar-refractivity contribution in [1.29, 1.82) is 0 Å². The number of amides is 1. The normalized spacial score (nSPS) is 19.3. The Bertz CT molecular complexity index is 392. The third kappa shape index (κ3) is 4.15. The number of ether oxygens (including phenoxy) is 1. The third-order valence-corrected chi connectivity index (χ3v) is 3.36. The second-order valence-electron chi connectivity index (χ2n) is 3.78. The molecule has 0 aromatic heterocycles. The Hall–Kier alpha value is -1.42. The molecule has 0 saturated carbocycles.